The molecule has 2 aliphatic rings. The molecule has 2 saturated heterocycles. The molecule has 0 spiro atoms. The summed E-state index contributed by atoms with van der Waals surface area (Å²) in [5, 5.41) is 10.4. The van der Waals surface area contributed by atoms with E-state index in [2.05, 4.69) is 22.3 Å². The van der Waals surface area contributed by atoms with Crippen LogP contribution in [0.2, 0.25) is 5.02 Å². The summed E-state index contributed by atoms with van der Waals surface area (Å²) >= 11 is 6.61. The fourth-order valence-corrected chi connectivity index (χ4v) is 5.23. The summed E-state index contributed by atoms with van der Waals surface area (Å²) in [5.41, 5.74) is 4.84. The van der Waals surface area contributed by atoms with Gasteiger partial charge in [-0.15, -0.1) is 0 Å². The summed E-state index contributed by atoms with van der Waals surface area (Å²) in [6, 6.07) is 12.1. The van der Waals surface area contributed by atoms with Crippen LogP contribution >= 0.6 is 11.6 Å². The first-order valence-corrected chi connectivity index (χ1v) is 11.8. The number of imidazole rings is 1. The number of aryl methyl sites for hydroxylation is 1. The van der Waals surface area contributed by atoms with Gasteiger partial charge in [0.1, 0.15) is 5.65 Å². The van der Waals surface area contributed by atoms with E-state index >= 15 is 0 Å². The lowest BCUT2D eigenvalue weighted by Crippen LogP contribution is -2.48. The van der Waals surface area contributed by atoms with Gasteiger partial charge in [0.2, 0.25) is 5.91 Å². The molecular formula is C25H29ClN4O2. The minimum atomic E-state index is -0.266. The molecule has 0 saturated carbocycles. The number of carbonyl (C=O) groups excluding carboxylic acids is 1. The maximum absolute atomic E-state index is 13.1. The lowest BCUT2D eigenvalue weighted by atomic mass is 9.94. The number of pyridine rings is 1. The molecule has 7 heteroatoms. The van der Waals surface area contributed by atoms with E-state index in [1.807, 2.05) is 41.4 Å². The van der Waals surface area contributed by atoms with Crippen molar-refractivity contribution in [1.82, 2.24) is 14.3 Å². The molecule has 2 fully saturated rings. The Bertz CT molecular complexity index is 1140. The van der Waals surface area contributed by atoms with Crippen LogP contribution < -0.4 is 4.90 Å². The molecule has 4 heterocycles. The zero-order valence-corrected chi connectivity index (χ0v) is 19.1. The van der Waals surface area contributed by atoms with Crippen molar-refractivity contribution < 1.29 is 9.90 Å². The number of benzene rings is 1. The molecule has 1 unspecified atom stereocenters. The summed E-state index contributed by atoms with van der Waals surface area (Å²) in [5.74, 6) is 0.224. The van der Waals surface area contributed by atoms with E-state index in [4.69, 9.17) is 16.6 Å². The highest BCUT2D eigenvalue weighted by atomic mass is 35.5. The second-order valence-corrected chi connectivity index (χ2v) is 9.39. The van der Waals surface area contributed by atoms with Crippen molar-refractivity contribution in [2.45, 2.75) is 38.7 Å². The molecule has 2 aromatic heterocycles. The number of fused-ring (bicyclic) bond motifs is 1. The SMILES string of the molecule is Cc1c(-c2cc(N3CCCC(C(=O)N4CCC(O)CC4)C3)ccc2Cl)nc2ccccn12. The number of hydrogen-bond acceptors (Lipinski definition) is 4. The number of aliphatic hydroxyl groups is 1. The van der Waals surface area contributed by atoms with Crippen LogP contribution in [0.5, 0.6) is 0 Å². The van der Waals surface area contributed by atoms with E-state index in [1.165, 1.54) is 0 Å². The van der Waals surface area contributed by atoms with Gasteiger partial charge in [-0.2, -0.15) is 0 Å². The first-order valence-electron chi connectivity index (χ1n) is 11.5. The predicted molar refractivity (Wildman–Crippen MR) is 127 cm³/mol. The monoisotopic (exact) mass is 452 g/mol. The second-order valence-electron chi connectivity index (χ2n) is 8.98. The van der Waals surface area contributed by atoms with Gasteiger partial charge in [-0.1, -0.05) is 17.7 Å². The molecule has 2 aliphatic heterocycles. The Morgan fingerprint density at radius 1 is 1.12 bits per heavy atom. The Morgan fingerprint density at radius 3 is 2.72 bits per heavy atom. The molecule has 1 atom stereocenters. The highest BCUT2D eigenvalue weighted by Gasteiger charge is 2.31. The van der Waals surface area contributed by atoms with Gasteiger partial charge in [0.25, 0.3) is 0 Å². The van der Waals surface area contributed by atoms with Gasteiger partial charge in [0.05, 0.1) is 22.7 Å². The van der Waals surface area contributed by atoms with Crippen LogP contribution in [-0.4, -0.2) is 57.6 Å². The Kier molecular flexibility index (Phi) is 5.82. The van der Waals surface area contributed by atoms with E-state index in [-0.39, 0.29) is 17.9 Å². The Labute approximate surface area is 193 Å². The van der Waals surface area contributed by atoms with Crippen LogP contribution in [-0.2, 0) is 4.79 Å². The van der Waals surface area contributed by atoms with Crippen molar-refractivity contribution in [3.8, 4) is 11.3 Å². The summed E-state index contributed by atoms with van der Waals surface area (Å²) < 4.78 is 2.07. The average molecular weight is 453 g/mol. The third-order valence-corrected chi connectivity index (χ3v) is 7.22. The molecule has 168 valence electrons. The topological polar surface area (TPSA) is 61.1 Å². The Hall–Kier alpha value is -2.57. The van der Waals surface area contributed by atoms with Crippen molar-refractivity contribution in [2.24, 2.45) is 5.92 Å². The molecule has 0 bridgehead atoms. The van der Waals surface area contributed by atoms with Gasteiger partial charge >= 0.3 is 0 Å². The van der Waals surface area contributed by atoms with E-state index < -0.39 is 0 Å². The highest BCUT2D eigenvalue weighted by molar-refractivity contribution is 6.33. The summed E-state index contributed by atoms with van der Waals surface area (Å²) in [6.07, 6.45) is 5.01. The maximum Gasteiger partial charge on any atom is 0.227 e. The third-order valence-electron chi connectivity index (χ3n) is 6.89. The highest BCUT2D eigenvalue weighted by Crippen LogP contribution is 2.35. The average Bonchev–Trinajstić information content (AvgIpc) is 3.16. The Balaban J connectivity index is 1.39. The predicted octanol–water partition coefficient (Wildman–Crippen LogP) is 4.16. The molecule has 1 N–H and O–H groups in total. The number of likely N-dealkylation sites (tertiary alicyclic amines) is 1. The summed E-state index contributed by atoms with van der Waals surface area (Å²) in [4.78, 5) is 22.2. The minimum absolute atomic E-state index is 0.00458. The van der Waals surface area contributed by atoms with Gasteiger partial charge in [0, 0.05) is 49.3 Å². The molecule has 5 rings (SSSR count). The number of aliphatic hydroxyl groups excluding tert-OH is 1. The third kappa shape index (κ3) is 3.97. The molecule has 3 aromatic rings. The number of amides is 1. The largest absolute Gasteiger partial charge is 0.393 e. The normalized spacial score (nSPS) is 20.2. The molecule has 0 aliphatic carbocycles. The van der Waals surface area contributed by atoms with Crippen LogP contribution in [0.4, 0.5) is 5.69 Å². The molecule has 32 heavy (non-hydrogen) atoms. The van der Waals surface area contributed by atoms with Crippen molar-refractivity contribution in [3.05, 3.63) is 53.3 Å². The second kappa shape index (κ2) is 8.75. The van der Waals surface area contributed by atoms with E-state index in [9.17, 15) is 9.90 Å². The molecule has 0 radical (unpaired) electrons. The van der Waals surface area contributed by atoms with Crippen molar-refractivity contribution >= 4 is 28.8 Å². The van der Waals surface area contributed by atoms with Gasteiger partial charge < -0.3 is 19.3 Å². The van der Waals surface area contributed by atoms with Gasteiger partial charge in [-0.25, -0.2) is 4.98 Å². The molecule has 1 amide bonds. The Morgan fingerprint density at radius 2 is 1.94 bits per heavy atom. The van der Waals surface area contributed by atoms with Crippen molar-refractivity contribution in [1.29, 1.82) is 0 Å². The van der Waals surface area contributed by atoms with Crippen LogP contribution in [0.15, 0.2) is 42.6 Å². The minimum Gasteiger partial charge on any atom is -0.393 e. The van der Waals surface area contributed by atoms with E-state index in [0.29, 0.717) is 37.5 Å². The maximum atomic E-state index is 13.1. The fraction of sp³-hybridized carbons (Fsp3) is 0.440. The first kappa shape index (κ1) is 21.3. The first-order chi connectivity index (χ1) is 15.5. The lowest BCUT2D eigenvalue weighted by Gasteiger charge is -2.38. The van der Waals surface area contributed by atoms with E-state index in [1.54, 1.807) is 0 Å². The number of halogens is 1. The van der Waals surface area contributed by atoms with Crippen molar-refractivity contribution in [3.63, 3.8) is 0 Å². The zero-order valence-electron chi connectivity index (χ0n) is 18.4. The molecule has 1 aromatic carbocycles. The number of carbonyl (C=O) groups is 1. The van der Waals surface area contributed by atoms with Crippen molar-refractivity contribution in [2.75, 3.05) is 31.1 Å². The number of nitrogens with zero attached hydrogens (tertiary/aromatic N) is 4. The molecular weight excluding hydrogens is 424 g/mol. The molecule has 6 nitrogen and oxygen atoms in total. The van der Waals surface area contributed by atoms with Crippen LogP contribution in [0.25, 0.3) is 16.9 Å². The number of hydrogen-bond donors (Lipinski definition) is 1. The van der Waals surface area contributed by atoms with Gasteiger partial charge in [0.15, 0.2) is 0 Å². The smallest absolute Gasteiger partial charge is 0.227 e. The zero-order chi connectivity index (χ0) is 22.2. The fourth-order valence-electron chi connectivity index (χ4n) is 5.02. The number of piperidine rings is 2. The van der Waals surface area contributed by atoms with Crippen LogP contribution in [0.3, 0.4) is 0 Å². The van der Waals surface area contributed by atoms with E-state index in [0.717, 1.165) is 47.7 Å². The van der Waals surface area contributed by atoms with Crippen LogP contribution in [0, 0.1) is 12.8 Å². The summed E-state index contributed by atoms with van der Waals surface area (Å²) in [6.45, 7) is 5.02. The quantitative estimate of drug-likeness (QED) is 0.648. The number of anilines is 1. The number of rotatable bonds is 3. The van der Waals surface area contributed by atoms with Gasteiger partial charge in [-0.05, 0) is 62.9 Å². The van der Waals surface area contributed by atoms with Gasteiger partial charge in [-0.3, -0.25) is 4.79 Å². The van der Waals surface area contributed by atoms with Crippen LogP contribution in [0.1, 0.15) is 31.4 Å². The number of aromatic nitrogens is 2. The lowest BCUT2D eigenvalue weighted by molar-refractivity contribution is -0.137. The standard InChI is InChI=1S/C25H29ClN4O2/c1-17-24(27-23-6-2-3-12-30(17)23)21-15-19(7-8-22(21)26)29-11-4-5-18(16-29)25(32)28-13-9-20(31)10-14-28/h2-3,6-8,12,15,18,20,31H,4-5,9-11,13-14,16H2,1H3. The summed E-state index contributed by atoms with van der Waals surface area (Å²) in [7, 11) is 0.